The highest BCUT2D eigenvalue weighted by atomic mass is 32.1. The third-order valence-corrected chi connectivity index (χ3v) is 6.77. The van der Waals surface area contributed by atoms with E-state index < -0.39 is 0 Å². The molecule has 154 valence electrons. The standard InChI is InChI=1S/C22H28N4O2S/c27-21(26-12-9-17-6-1-2-7-18(17)16-26)15-24-22(28)23-14-19(20-8-5-13-29-20)25-10-3-4-11-25/h1-2,5-8,13,19H,3-4,9-12,14-16H2,(H2,23,24,28). The van der Waals surface area contributed by atoms with Gasteiger partial charge in [-0.25, -0.2) is 4.79 Å². The maximum atomic E-state index is 12.5. The van der Waals surface area contributed by atoms with E-state index in [1.54, 1.807) is 11.3 Å². The van der Waals surface area contributed by atoms with Crippen LogP contribution in [0.3, 0.4) is 0 Å². The molecule has 1 aromatic carbocycles. The van der Waals surface area contributed by atoms with Gasteiger partial charge in [-0.1, -0.05) is 30.3 Å². The minimum Gasteiger partial charge on any atom is -0.336 e. The van der Waals surface area contributed by atoms with Crippen LogP contribution in [-0.4, -0.2) is 54.5 Å². The molecule has 6 nitrogen and oxygen atoms in total. The van der Waals surface area contributed by atoms with Gasteiger partial charge in [0.1, 0.15) is 0 Å². The maximum Gasteiger partial charge on any atom is 0.315 e. The quantitative estimate of drug-likeness (QED) is 0.767. The summed E-state index contributed by atoms with van der Waals surface area (Å²) in [5.74, 6) is -0.0380. The number of rotatable bonds is 6. The van der Waals surface area contributed by atoms with Crippen LogP contribution < -0.4 is 10.6 Å². The summed E-state index contributed by atoms with van der Waals surface area (Å²) in [6.45, 7) is 4.04. The summed E-state index contributed by atoms with van der Waals surface area (Å²) in [5, 5.41) is 7.78. The van der Waals surface area contributed by atoms with E-state index in [1.165, 1.54) is 28.8 Å². The molecule has 2 N–H and O–H groups in total. The van der Waals surface area contributed by atoms with E-state index in [2.05, 4.69) is 45.2 Å². The number of urea groups is 1. The molecular formula is C22H28N4O2S. The largest absolute Gasteiger partial charge is 0.336 e. The van der Waals surface area contributed by atoms with Crippen molar-refractivity contribution in [3.8, 4) is 0 Å². The first-order valence-electron chi connectivity index (χ1n) is 10.3. The zero-order chi connectivity index (χ0) is 20.1. The Morgan fingerprint density at radius 1 is 1.00 bits per heavy atom. The highest BCUT2D eigenvalue weighted by Crippen LogP contribution is 2.27. The first-order chi connectivity index (χ1) is 14.2. The van der Waals surface area contributed by atoms with Crippen molar-refractivity contribution in [1.82, 2.24) is 20.4 Å². The van der Waals surface area contributed by atoms with E-state index in [0.717, 1.165) is 19.5 Å². The molecule has 1 unspecified atom stereocenters. The predicted octanol–water partition coefficient (Wildman–Crippen LogP) is 2.77. The fourth-order valence-electron chi connectivity index (χ4n) is 4.17. The number of hydrogen-bond acceptors (Lipinski definition) is 4. The molecule has 29 heavy (non-hydrogen) atoms. The monoisotopic (exact) mass is 412 g/mol. The topological polar surface area (TPSA) is 64.7 Å². The Morgan fingerprint density at radius 3 is 2.55 bits per heavy atom. The molecule has 2 aliphatic rings. The molecule has 0 aliphatic carbocycles. The van der Waals surface area contributed by atoms with Gasteiger partial charge >= 0.3 is 6.03 Å². The molecule has 2 aromatic rings. The summed E-state index contributed by atoms with van der Waals surface area (Å²) in [6, 6.07) is 12.3. The highest BCUT2D eigenvalue weighted by Gasteiger charge is 2.25. The lowest BCUT2D eigenvalue weighted by molar-refractivity contribution is -0.130. The van der Waals surface area contributed by atoms with Gasteiger partial charge in [0.2, 0.25) is 5.91 Å². The first kappa shape index (κ1) is 19.9. The average Bonchev–Trinajstić information content (AvgIpc) is 3.47. The van der Waals surface area contributed by atoms with Crippen LogP contribution in [0.5, 0.6) is 0 Å². The molecular weight excluding hydrogens is 384 g/mol. The summed E-state index contributed by atoms with van der Waals surface area (Å²) in [5.41, 5.74) is 2.50. The van der Waals surface area contributed by atoms with E-state index in [-0.39, 0.29) is 24.5 Å². The second-order valence-corrected chi connectivity index (χ2v) is 8.65. The molecule has 0 spiro atoms. The molecule has 4 rings (SSSR count). The van der Waals surface area contributed by atoms with E-state index in [4.69, 9.17) is 0 Å². The Balaban J connectivity index is 1.25. The lowest BCUT2D eigenvalue weighted by Gasteiger charge is -2.29. The number of fused-ring (bicyclic) bond motifs is 1. The zero-order valence-electron chi connectivity index (χ0n) is 16.6. The Hall–Kier alpha value is -2.38. The number of nitrogens with one attached hydrogen (secondary N) is 2. The highest BCUT2D eigenvalue weighted by molar-refractivity contribution is 7.10. The number of hydrogen-bond donors (Lipinski definition) is 2. The molecule has 0 radical (unpaired) electrons. The summed E-state index contributed by atoms with van der Waals surface area (Å²) in [6.07, 6.45) is 3.29. The van der Waals surface area contributed by atoms with Gasteiger partial charge in [-0.3, -0.25) is 9.69 Å². The van der Waals surface area contributed by atoms with Crippen LogP contribution in [0.15, 0.2) is 41.8 Å². The van der Waals surface area contributed by atoms with Crippen molar-refractivity contribution >= 4 is 23.3 Å². The molecule has 1 aromatic heterocycles. The van der Waals surface area contributed by atoms with Crippen molar-refractivity contribution in [2.75, 3.05) is 32.7 Å². The van der Waals surface area contributed by atoms with Crippen molar-refractivity contribution in [2.24, 2.45) is 0 Å². The Bertz CT molecular complexity index is 833. The number of carbonyl (C=O) groups excluding carboxylic acids is 2. The number of benzene rings is 1. The number of carbonyl (C=O) groups is 2. The van der Waals surface area contributed by atoms with Crippen LogP contribution in [0.1, 0.15) is 34.9 Å². The van der Waals surface area contributed by atoms with Crippen molar-refractivity contribution in [3.05, 3.63) is 57.8 Å². The molecule has 1 atom stereocenters. The van der Waals surface area contributed by atoms with Gasteiger partial charge in [-0.2, -0.15) is 0 Å². The number of thiophene rings is 1. The lowest BCUT2D eigenvalue weighted by atomic mass is 10.00. The van der Waals surface area contributed by atoms with Gasteiger partial charge < -0.3 is 15.5 Å². The van der Waals surface area contributed by atoms with E-state index in [9.17, 15) is 9.59 Å². The third-order valence-electron chi connectivity index (χ3n) is 5.79. The van der Waals surface area contributed by atoms with Crippen LogP contribution in [0.25, 0.3) is 0 Å². The average molecular weight is 413 g/mol. The van der Waals surface area contributed by atoms with Crippen LogP contribution in [0.2, 0.25) is 0 Å². The third kappa shape index (κ3) is 4.97. The smallest absolute Gasteiger partial charge is 0.315 e. The Morgan fingerprint density at radius 2 is 1.79 bits per heavy atom. The minimum absolute atomic E-state index is 0.0291. The lowest BCUT2D eigenvalue weighted by Crippen LogP contribution is -2.46. The van der Waals surface area contributed by atoms with E-state index >= 15 is 0 Å². The van der Waals surface area contributed by atoms with Gasteiger partial charge in [0.25, 0.3) is 0 Å². The maximum absolute atomic E-state index is 12.5. The van der Waals surface area contributed by atoms with Crippen LogP contribution in [-0.2, 0) is 17.8 Å². The summed E-state index contributed by atoms with van der Waals surface area (Å²) < 4.78 is 0. The van der Waals surface area contributed by atoms with Gasteiger partial charge in [-0.15, -0.1) is 11.3 Å². The molecule has 3 amide bonds. The first-order valence-corrected chi connectivity index (χ1v) is 11.2. The number of amides is 3. The molecule has 2 aliphatic heterocycles. The minimum atomic E-state index is -0.281. The molecule has 1 saturated heterocycles. The second kappa shape index (κ2) is 9.41. The zero-order valence-corrected chi connectivity index (χ0v) is 17.4. The van der Waals surface area contributed by atoms with Crippen molar-refractivity contribution < 1.29 is 9.59 Å². The van der Waals surface area contributed by atoms with Gasteiger partial charge in [0.15, 0.2) is 0 Å². The second-order valence-electron chi connectivity index (χ2n) is 7.67. The molecule has 3 heterocycles. The summed E-state index contributed by atoms with van der Waals surface area (Å²) >= 11 is 1.73. The SMILES string of the molecule is O=C(NCC(=O)N1CCc2ccccc2C1)NCC(c1cccs1)N1CCCC1. The molecule has 0 saturated carbocycles. The van der Waals surface area contributed by atoms with Crippen molar-refractivity contribution in [2.45, 2.75) is 31.8 Å². The molecule has 7 heteroatoms. The van der Waals surface area contributed by atoms with Crippen LogP contribution >= 0.6 is 11.3 Å². The summed E-state index contributed by atoms with van der Waals surface area (Å²) in [4.78, 5) is 30.4. The van der Waals surface area contributed by atoms with Crippen LogP contribution in [0, 0.1) is 0 Å². The van der Waals surface area contributed by atoms with Gasteiger partial charge in [-0.05, 0) is 54.9 Å². The predicted molar refractivity (Wildman–Crippen MR) is 115 cm³/mol. The fraction of sp³-hybridized carbons (Fsp3) is 0.455. The normalized spacial score (nSPS) is 17.6. The Kier molecular flexibility index (Phi) is 6.46. The number of nitrogens with zero attached hydrogens (tertiary/aromatic N) is 2. The van der Waals surface area contributed by atoms with E-state index in [1.807, 2.05) is 17.0 Å². The summed E-state index contributed by atoms with van der Waals surface area (Å²) in [7, 11) is 0. The van der Waals surface area contributed by atoms with Crippen molar-refractivity contribution in [3.63, 3.8) is 0 Å². The van der Waals surface area contributed by atoms with Gasteiger partial charge in [0, 0.05) is 24.5 Å². The molecule has 0 bridgehead atoms. The van der Waals surface area contributed by atoms with Crippen molar-refractivity contribution in [1.29, 1.82) is 0 Å². The van der Waals surface area contributed by atoms with Gasteiger partial charge in [0.05, 0.1) is 12.6 Å². The van der Waals surface area contributed by atoms with Crippen LogP contribution in [0.4, 0.5) is 4.79 Å². The fourth-order valence-corrected chi connectivity index (χ4v) is 5.03. The Labute approximate surface area is 175 Å². The number of likely N-dealkylation sites (tertiary alicyclic amines) is 1. The van der Waals surface area contributed by atoms with E-state index in [0.29, 0.717) is 19.6 Å². The molecule has 1 fully saturated rings.